The van der Waals surface area contributed by atoms with Gasteiger partial charge in [0.25, 0.3) is 0 Å². The van der Waals surface area contributed by atoms with Crippen molar-refractivity contribution >= 4 is 0 Å². The van der Waals surface area contributed by atoms with E-state index in [0.29, 0.717) is 35.6 Å². The number of benzene rings is 1. The quantitative estimate of drug-likeness (QED) is 0.390. The first kappa shape index (κ1) is 20.9. The fourth-order valence-electron chi connectivity index (χ4n) is 2.82. The molecule has 1 aromatic carbocycles. The molecule has 29 heavy (non-hydrogen) atoms. The van der Waals surface area contributed by atoms with Gasteiger partial charge in [-0.3, -0.25) is 10.3 Å². The predicted molar refractivity (Wildman–Crippen MR) is 108 cm³/mol. The van der Waals surface area contributed by atoms with Crippen molar-refractivity contribution in [2.45, 2.75) is 31.8 Å². The molecule has 152 valence electrons. The molecular formula is C22H25N3O4. The summed E-state index contributed by atoms with van der Waals surface area (Å²) in [5.41, 5.74) is 2.38. The molecule has 0 amide bonds. The van der Waals surface area contributed by atoms with E-state index < -0.39 is 12.3 Å². The first-order valence-corrected chi connectivity index (χ1v) is 9.46. The van der Waals surface area contributed by atoms with Crippen LogP contribution in [0.2, 0.25) is 0 Å². The Morgan fingerprint density at radius 3 is 2.52 bits per heavy atom. The van der Waals surface area contributed by atoms with Gasteiger partial charge in [0.05, 0.1) is 12.7 Å². The number of aliphatic hydroxyl groups is 3. The Kier molecular flexibility index (Phi) is 7.66. The van der Waals surface area contributed by atoms with Gasteiger partial charge >= 0.3 is 0 Å². The van der Waals surface area contributed by atoms with Crippen LogP contribution in [0.1, 0.15) is 29.2 Å². The molecule has 2 heterocycles. The van der Waals surface area contributed by atoms with Gasteiger partial charge in [-0.2, -0.15) is 0 Å². The van der Waals surface area contributed by atoms with Crippen LogP contribution in [0.5, 0.6) is 11.6 Å². The summed E-state index contributed by atoms with van der Waals surface area (Å²) in [6.07, 6.45) is 4.61. The van der Waals surface area contributed by atoms with Gasteiger partial charge in [-0.05, 0) is 48.7 Å². The number of nitrogens with one attached hydrogen (secondary N) is 1. The van der Waals surface area contributed by atoms with Crippen LogP contribution < -0.4 is 10.1 Å². The number of hydrogen-bond acceptors (Lipinski definition) is 7. The van der Waals surface area contributed by atoms with Crippen LogP contribution in [-0.4, -0.2) is 38.1 Å². The summed E-state index contributed by atoms with van der Waals surface area (Å²) >= 11 is 0. The van der Waals surface area contributed by atoms with Crippen LogP contribution in [0, 0.1) is 0 Å². The summed E-state index contributed by atoms with van der Waals surface area (Å²) in [7, 11) is 0. The lowest BCUT2D eigenvalue weighted by Crippen LogP contribution is -2.33. The van der Waals surface area contributed by atoms with Crippen molar-refractivity contribution in [3.8, 4) is 11.6 Å². The average molecular weight is 395 g/mol. The molecule has 0 saturated carbocycles. The number of rotatable bonds is 10. The van der Waals surface area contributed by atoms with Crippen molar-refractivity contribution in [3.63, 3.8) is 0 Å². The maximum atomic E-state index is 10.1. The molecule has 7 heteroatoms. The summed E-state index contributed by atoms with van der Waals surface area (Å²) in [6.45, 7) is 0.110. The number of ether oxygens (including phenoxy) is 1. The largest absolute Gasteiger partial charge is 0.439 e. The third kappa shape index (κ3) is 6.33. The van der Waals surface area contributed by atoms with Crippen molar-refractivity contribution < 1.29 is 20.1 Å². The van der Waals surface area contributed by atoms with Gasteiger partial charge in [-0.15, -0.1) is 0 Å². The van der Waals surface area contributed by atoms with Crippen LogP contribution >= 0.6 is 0 Å². The molecule has 0 aliphatic heterocycles. The zero-order chi connectivity index (χ0) is 20.5. The number of nitrogens with zero attached hydrogens (tertiary/aromatic N) is 2. The molecule has 7 nitrogen and oxygen atoms in total. The van der Waals surface area contributed by atoms with E-state index in [1.807, 2.05) is 24.3 Å². The zero-order valence-electron chi connectivity index (χ0n) is 16.0. The number of aryl methyl sites for hydroxylation is 1. The van der Waals surface area contributed by atoms with E-state index in [0.717, 1.165) is 5.56 Å². The average Bonchev–Trinajstić information content (AvgIpc) is 2.78. The Morgan fingerprint density at radius 2 is 1.79 bits per heavy atom. The Hall–Kier alpha value is -2.84. The normalized spacial score (nSPS) is 13.1. The highest BCUT2D eigenvalue weighted by Crippen LogP contribution is 2.23. The summed E-state index contributed by atoms with van der Waals surface area (Å²) in [5, 5.41) is 32.5. The highest BCUT2D eigenvalue weighted by Gasteiger charge is 2.11. The minimum atomic E-state index is -0.724. The molecule has 4 N–H and O–H groups in total. The predicted octanol–water partition coefficient (Wildman–Crippen LogP) is 2.34. The van der Waals surface area contributed by atoms with E-state index >= 15 is 0 Å². The monoisotopic (exact) mass is 395 g/mol. The molecule has 0 radical (unpaired) electrons. The van der Waals surface area contributed by atoms with Crippen LogP contribution in [0.4, 0.5) is 0 Å². The minimum Gasteiger partial charge on any atom is -0.439 e. The van der Waals surface area contributed by atoms with Gasteiger partial charge < -0.3 is 20.1 Å². The molecule has 0 bridgehead atoms. The molecule has 2 aromatic heterocycles. The van der Waals surface area contributed by atoms with Crippen molar-refractivity contribution in [2.75, 3.05) is 6.54 Å². The lowest BCUT2D eigenvalue weighted by Gasteiger charge is -2.16. The highest BCUT2D eigenvalue weighted by molar-refractivity contribution is 5.33. The fraction of sp³-hybridized carbons (Fsp3) is 0.273. The Bertz CT molecular complexity index is 875. The number of pyridine rings is 2. The molecule has 3 rings (SSSR count). The maximum absolute atomic E-state index is 10.1. The van der Waals surface area contributed by atoms with Crippen molar-refractivity contribution in [2.24, 2.45) is 0 Å². The molecule has 0 fully saturated rings. The van der Waals surface area contributed by atoms with Crippen molar-refractivity contribution in [3.05, 3.63) is 83.8 Å². The van der Waals surface area contributed by atoms with Crippen molar-refractivity contribution in [1.82, 2.24) is 15.3 Å². The van der Waals surface area contributed by atoms with Gasteiger partial charge in [0, 0.05) is 36.3 Å². The molecule has 3 aromatic rings. The van der Waals surface area contributed by atoms with Crippen LogP contribution in [0.25, 0.3) is 0 Å². The Morgan fingerprint density at radius 1 is 1.00 bits per heavy atom. The molecule has 0 aliphatic carbocycles. The van der Waals surface area contributed by atoms with E-state index in [4.69, 9.17) is 4.74 Å². The summed E-state index contributed by atoms with van der Waals surface area (Å²) < 4.78 is 5.72. The summed E-state index contributed by atoms with van der Waals surface area (Å²) in [4.78, 5) is 8.11. The zero-order valence-corrected chi connectivity index (χ0v) is 16.0. The lowest BCUT2D eigenvalue weighted by atomic mass is 10.1. The molecule has 2 atom stereocenters. The van der Waals surface area contributed by atoms with E-state index in [2.05, 4.69) is 15.3 Å². The van der Waals surface area contributed by atoms with E-state index in [1.54, 1.807) is 42.9 Å². The van der Waals surface area contributed by atoms with Gasteiger partial charge in [-0.1, -0.05) is 18.2 Å². The topological polar surface area (TPSA) is 108 Å². The summed E-state index contributed by atoms with van der Waals surface area (Å²) in [6, 6.07) is 14.6. The first-order chi connectivity index (χ1) is 14.2. The standard InChI is InChI=1S/C22H25N3O4/c26-15-18-4-2-12-24-22(18)29-19-8-5-16(6-9-19)7-10-21(28)25-14-20(27)17-3-1-11-23-13-17/h1-6,8-9,11-13,20-21,25-28H,7,10,14-15H2/t20-,21-/m0/s1. The Labute approximate surface area is 169 Å². The number of aromatic nitrogens is 2. The van der Waals surface area contributed by atoms with Gasteiger partial charge in [0.1, 0.15) is 12.0 Å². The fourth-order valence-corrected chi connectivity index (χ4v) is 2.82. The molecular weight excluding hydrogens is 370 g/mol. The lowest BCUT2D eigenvalue weighted by molar-refractivity contribution is 0.0960. The second kappa shape index (κ2) is 10.6. The van der Waals surface area contributed by atoms with Crippen molar-refractivity contribution in [1.29, 1.82) is 0 Å². The Balaban J connectivity index is 1.45. The first-order valence-electron chi connectivity index (χ1n) is 9.46. The van der Waals surface area contributed by atoms with Crippen LogP contribution in [0.15, 0.2) is 67.1 Å². The SMILES string of the molecule is OCc1cccnc1Oc1ccc(CC[C@H](O)NC[C@H](O)c2cccnc2)cc1. The van der Waals surface area contributed by atoms with E-state index in [9.17, 15) is 15.3 Å². The maximum Gasteiger partial charge on any atom is 0.224 e. The highest BCUT2D eigenvalue weighted by atomic mass is 16.5. The van der Waals surface area contributed by atoms with Gasteiger partial charge in [-0.25, -0.2) is 4.98 Å². The van der Waals surface area contributed by atoms with Crippen LogP contribution in [-0.2, 0) is 13.0 Å². The van der Waals surface area contributed by atoms with Gasteiger partial charge in [0.15, 0.2) is 0 Å². The second-order valence-corrected chi connectivity index (χ2v) is 6.64. The third-order valence-corrected chi connectivity index (χ3v) is 4.48. The smallest absolute Gasteiger partial charge is 0.224 e. The second-order valence-electron chi connectivity index (χ2n) is 6.64. The van der Waals surface area contributed by atoms with Crippen LogP contribution in [0.3, 0.4) is 0 Å². The third-order valence-electron chi connectivity index (χ3n) is 4.48. The molecule has 0 saturated heterocycles. The van der Waals surface area contributed by atoms with E-state index in [1.165, 1.54) is 0 Å². The minimum absolute atomic E-state index is 0.137. The molecule has 0 spiro atoms. The molecule has 0 unspecified atom stereocenters. The summed E-state index contributed by atoms with van der Waals surface area (Å²) in [5.74, 6) is 1.01. The van der Waals surface area contributed by atoms with E-state index in [-0.39, 0.29) is 13.2 Å². The number of hydrogen-bond donors (Lipinski definition) is 4. The molecule has 0 aliphatic rings. The number of aliphatic hydroxyl groups excluding tert-OH is 3. The van der Waals surface area contributed by atoms with Gasteiger partial charge in [0.2, 0.25) is 5.88 Å².